The molecule has 0 amide bonds. The van der Waals surface area contributed by atoms with E-state index in [0.717, 1.165) is 5.33 Å². The lowest BCUT2D eigenvalue weighted by Crippen LogP contribution is -1.97. The predicted octanol–water partition coefficient (Wildman–Crippen LogP) is 3.74. The van der Waals surface area contributed by atoms with Crippen molar-refractivity contribution in [3.63, 3.8) is 0 Å². The molecule has 0 fully saturated rings. The number of hydrogen-bond donors (Lipinski definition) is 0. The van der Waals surface area contributed by atoms with E-state index < -0.39 is 0 Å². The van der Waals surface area contributed by atoms with Crippen molar-refractivity contribution in [2.24, 2.45) is 0 Å². The molecular weight excluding hydrogens is 212 g/mol. The zero-order valence-corrected chi connectivity index (χ0v) is 8.84. The van der Waals surface area contributed by atoms with Gasteiger partial charge >= 0.3 is 0 Å². The Kier molecular flexibility index (Phi) is 3.54. The minimum absolute atomic E-state index is 0.450. The third-order valence-electron chi connectivity index (χ3n) is 2.08. The Hall–Kier alpha value is -0.560. The number of benzene rings is 1. The maximum absolute atomic E-state index is 4.00. The van der Waals surface area contributed by atoms with Gasteiger partial charge in [0.15, 0.2) is 0 Å². The van der Waals surface area contributed by atoms with Crippen LogP contribution in [0.25, 0.3) is 0 Å². The summed E-state index contributed by atoms with van der Waals surface area (Å²) in [5.41, 5.74) is 2.56. The van der Waals surface area contributed by atoms with Gasteiger partial charge < -0.3 is 0 Å². The molecule has 0 aliphatic carbocycles. The van der Waals surface area contributed by atoms with Crippen molar-refractivity contribution in [1.82, 2.24) is 0 Å². The average molecular weight is 225 g/mol. The third kappa shape index (κ3) is 2.21. The Morgan fingerprint density at radius 3 is 2.50 bits per heavy atom. The minimum Gasteiger partial charge on any atom is -0.0984 e. The van der Waals surface area contributed by atoms with Gasteiger partial charge in [-0.2, -0.15) is 0 Å². The topological polar surface area (TPSA) is 0 Å². The Bertz CT molecular complexity index is 251. The summed E-state index contributed by atoms with van der Waals surface area (Å²) in [5.74, 6) is 0.450. The number of alkyl halides is 1. The summed E-state index contributed by atoms with van der Waals surface area (Å²) in [6, 6.07) is 10.4. The molecule has 12 heavy (non-hydrogen) atoms. The maximum atomic E-state index is 4.00. The van der Waals surface area contributed by atoms with Gasteiger partial charge in [0.05, 0.1) is 0 Å². The molecule has 1 heteroatoms. The summed E-state index contributed by atoms with van der Waals surface area (Å²) in [5, 5.41) is 0.878. The van der Waals surface area contributed by atoms with Crippen LogP contribution >= 0.6 is 15.9 Å². The van der Waals surface area contributed by atoms with E-state index in [1.807, 2.05) is 6.07 Å². The zero-order chi connectivity index (χ0) is 8.97. The zero-order valence-electron chi connectivity index (χ0n) is 7.26. The summed E-state index contributed by atoms with van der Waals surface area (Å²) < 4.78 is 0. The summed E-state index contributed by atoms with van der Waals surface area (Å²) in [7, 11) is 0. The number of allylic oxidation sites excluding steroid dienone is 1. The van der Waals surface area contributed by atoms with E-state index in [1.54, 1.807) is 0 Å². The molecule has 0 spiro atoms. The summed E-state index contributed by atoms with van der Waals surface area (Å²) in [4.78, 5) is 0. The van der Waals surface area contributed by atoms with Crippen LogP contribution in [0.3, 0.4) is 0 Å². The number of hydrogen-bond acceptors (Lipinski definition) is 0. The molecule has 1 aromatic carbocycles. The Labute approximate surface area is 82.4 Å². The van der Waals surface area contributed by atoms with Crippen molar-refractivity contribution in [2.45, 2.75) is 12.8 Å². The van der Waals surface area contributed by atoms with Crippen molar-refractivity contribution < 1.29 is 0 Å². The molecular formula is C11H13Br. The van der Waals surface area contributed by atoms with Crippen LogP contribution in [0.4, 0.5) is 0 Å². The van der Waals surface area contributed by atoms with Gasteiger partial charge in [0.1, 0.15) is 0 Å². The van der Waals surface area contributed by atoms with E-state index in [1.165, 1.54) is 11.1 Å². The largest absolute Gasteiger partial charge is 0.0984 e. The number of halogens is 1. The van der Waals surface area contributed by atoms with Gasteiger partial charge in [-0.1, -0.05) is 65.3 Å². The molecule has 1 rings (SSSR count). The second kappa shape index (κ2) is 4.46. The molecule has 0 aromatic heterocycles. The fraction of sp³-hybridized carbons (Fsp3) is 0.273. The molecule has 0 aliphatic heterocycles. The number of rotatable bonds is 3. The van der Waals surface area contributed by atoms with Gasteiger partial charge in [0.25, 0.3) is 0 Å². The van der Waals surface area contributed by atoms with Gasteiger partial charge in [-0.3, -0.25) is 0 Å². The standard InChI is InChI=1S/C11H13Br/c1-9(8-12)10(2)11-6-4-3-5-7-11/h3-7,10H,1,8H2,2H3. The monoisotopic (exact) mass is 224 g/mol. The highest BCUT2D eigenvalue weighted by atomic mass is 79.9. The molecule has 0 aliphatic rings. The summed E-state index contributed by atoms with van der Waals surface area (Å²) in [6.07, 6.45) is 0. The van der Waals surface area contributed by atoms with Crippen LogP contribution in [0, 0.1) is 0 Å². The Morgan fingerprint density at radius 1 is 1.42 bits per heavy atom. The first-order valence-corrected chi connectivity index (χ1v) is 5.16. The van der Waals surface area contributed by atoms with Gasteiger partial charge in [0, 0.05) is 11.2 Å². The van der Waals surface area contributed by atoms with E-state index in [9.17, 15) is 0 Å². The third-order valence-corrected chi connectivity index (χ3v) is 2.80. The highest BCUT2D eigenvalue weighted by Gasteiger charge is 2.06. The first-order valence-electron chi connectivity index (χ1n) is 4.04. The van der Waals surface area contributed by atoms with Crippen molar-refractivity contribution in [1.29, 1.82) is 0 Å². The average Bonchev–Trinajstić information content (AvgIpc) is 2.17. The molecule has 0 radical (unpaired) electrons. The molecule has 1 aromatic rings. The highest BCUT2D eigenvalue weighted by Crippen LogP contribution is 2.22. The van der Waals surface area contributed by atoms with Crippen molar-refractivity contribution >= 4 is 15.9 Å². The lowest BCUT2D eigenvalue weighted by molar-refractivity contribution is 0.905. The summed E-state index contributed by atoms with van der Waals surface area (Å²) in [6.45, 7) is 6.18. The maximum Gasteiger partial charge on any atom is 0.0245 e. The van der Waals surface area contributed by atoms with E-state index in [0.29, 0.717) is 5.92 Å². The van der Waals surface area contributed by atoms with Crippen LogP contribution in [0.5, 0.6) is 0 Å². The van der Waals surface area contributed by atoms with Gasteiger partial charge in [-0.25, -0.2) is 0 Å². The molecule has 0 N–H and O–H groups in total. The van der Waals surface area contributed by atoms with Crippen LogP contribution in [0.15, 0.2) is 42.5 Å². The molecule has 0 bridgehead atoms. The molecule has 0 nitrogen and oxygen atoms in total. The molecule has 0 saturated carbocycles. The second-order valence-corrected chi connectivity index (χ2v) is 3.48. The van der Waals surface area contributed by atoms with Crippen molar-refractivity contribution in [2.75, 3.05) is 5.33 Å². The van der Waals surface area contributed by atoms with Gasteiger partial charge in [-0.05, 0) is 5.56 Å². The molecule has 0 heterocycles. The van der Waals surface area contributed by atoms with Crippen molar-refractivity contribution in [3.05, 3.63) is 48.0 Å². The molecule has 1 unspecified atom stereocenters. The van der Waals surface area contributed by atoms with E-state index >= 15 is 0 Å². The van der Waals surface area contributed by atoms with Crippen LogP contribution < -0.4 is 0 Å². The van der Waals surface area contributed by atoms with Gasteiger partial charge in [0.2, 0.25) is 0 Å². The first-order chi connectivity index (χ1) is 5.75. The Balaban J connectivity index is 2.78. The Morgan fingerprint density at radius 2 is 2.00 bits per heavy atom. The quantitative estimate of drug-likeness (QED) is 0.543. The minimum atomic E-state index is 0.450. The summed E-state index contributed by atoms with van der Waals surface area (Å²) >= 11 is 3.41. The van der Waals surface area contributed by atoms with Crippen molar-refractivity contribution in [3.8, 4) is 0 Å². The fourth-order valence-electron chi connectivity index (χ4n) is 1.09. The van der Waals surface area contributed by atoms with E-state index in [2.05, 4.69) is 53.7 Å². The molecule has 1 atom stereocenters. The highest BCUT2D eigenvalue weighted by molar-refractivity contribution is 9.09. The first kappa shape index (κ1) is 9.53. The van der Waals surface area contributed by atoms with Crippen LogP contribution in [0.2, 0.25) is 0 Å². The lowest BCUT2D eigenvalue weighted by Gasteiger charge is -2.12. The fourth-order valence-corrected chi connectivity index (χ4v) is 1.58. The van der Waals surface area contributed by atoms with E-state index in [4.69, 9.17) is 0 Å². The normalized spacial score (nSPS) is 12.5. The predicted molar refractivity (Wildman–Crippen MR) is 57.8 cm³/mol. The van der Waals surface area contributed by atoms with Gasteiger partial charge in [-0.15, -0.1) is 0 Å². The molecule has 0 saturated heterocycles. The lowest BCUT2D eigenvalue weighted by atomic mass is 9.95. The van der Waals surface area contributed by atoms with Crippen LogP contribution in [-0.4, -0.2) is 5.33 Å². The smallest absolute Gasteiger partial charge is 0.0245 e. The van der Waals surface area contributed by atoms with E-state index in [-0.39, 0.29) is 0 Å². The second-order valence-electron chi connectivity index (χ2n) is 2.92. The SMILES string of the molecule is C=C(CBr)C(C)c1ccccc1. The van der Waals surface area contributed by atoms with Crippen LogP contribution in [-0.2, 0) is 0 Å². The van der Waals surface area contributed by atoms with Crippen LogP contribution in [0.1, 0.15) is 18.4 Å². The molecule has 64 valence electrons.